The van der Waals surface area contributed by atoms with Crippen molar-refractivity contribution in [2.75, 3.05) is 0 Å². The molecule has 0 spiro atoms. The first-order valence-electron chi connectivity index (χ1n) is 22.8. The van der Waals surface area contributed by atoms with Gasteiger partial charge in [-0.15, -0.1) is 5.10 Å². The third-order valence-corrected chi connectivity index (χ3v) is 6.51. The zero-order chi connectivity index (χ0) is 51.8. The van der Waals surface area contributed by atoms with Gasteiger partial charge in [0.25, 0.3) is 0 Å². The number of nitrogens with zero attached hydrogens (tertiary/aromatic N) is 12. The maximum absolute atomic E-state index is 5.31. The van der Waals surface area contributed by atoms with Crippen LogP contribution in [-0.2, 0) is 0 Å². The molecule has 0 aliphatic carbocycles. The highest BCUT2D eigenvalue weighted by Gasteiger charge is 2.00. The molecule has 0 aromatic carbocycles. The van der Waals surface area contributed by atoms with E-state index >= 15 is 0 Å². The summed E-state index contributed by atoms with van der Waals surface area (Å²) in [5, 5.41) is 14.7. The maximum atomic E-state index is 5.31. The minimum Gasteiger partial charge on any atom is -0.489 e. The maximum Gasteiger partial charge on any atom is 0.316 e. The Morgan fingerprint density at radius 2 is 0.771 bits per heavy atom. The number of pyridine rings is 2. The lowest BCUT2D eigenvalue weighted by molar-refractivity contribution is 0.222. The Morgan fingerprint density at radius 3 is 1.20 bits per heavy atom. The Hall–Kier alpha value is -7.70. The normalized spacial score (nSPS) is 9.90. The second-order valence-electron chi connectivity index (χ2n) is 15.8. The van der Waals surface area contributed by atoms with Crippen molar-refractivity contribution < 1.29 is 33.2 Å². The molecule has 19 nitrogen and oxygen atoms in total. The molecule has 0 aliphatic rings. The Morgan fingerprint density at radius 1 is 0.300 bits per heavy atom. The summed E-state index contributed by atoms with van der Waals surface area (Å²) in [6, 6.07) is 18.8. The largest absolute Gasteiger partial charge is 0.489 e. The van der Waals surface area contributed by atoms with E-state index in [0.29, 0.717) is 29.5 Å². The van der Waals surface area contributed by atoms with Gasteiger partial charge < -0.3 is 33.2 Å². The van der Waals surface area contributed by atoms with Crippen LogP contribution in [0.1, 0.15) is 96.9 Å². The molecule has 0 N–H and O–H groups in total. The number of ether oxygens (including phenoxy) is 7. The molecule has 0 bridgehead atoms. The Bertz CT molecular complexity index is 1750. The summed E-state index contributed by atoms with van der Waals surface area (Å²) in [6.07, 6.45) is 22.4. The minimum absolute atomic E-state index is 0.141. The van der Waals surface area contributed by atoms with Gasteiger partial charge in [0, 0.05) is 67.6 Å². The van der Waals surface area contributed by atoms with E-state index in [-0.39, 0.29) is 42.7 Å². The van der Waals surface area contributed by atoms with Crippen molar-refractivity contribution in [3.63, 3.8) is 0 Å². The average Bonchev–Trinajstić information content (AvgIpc) is 3.31. The van der Waals surface area contributed by atoms with Crippen LogP contribution in [0.25, 0.3) is 0 Å². The number of rotatable bonds is 14. The van der Waals surface area contributed by atoms with Gasteiger partial charge in [-0.25, -0.2) is 34.9 Å². The van der Waals surface area contributed by atoms with Crippen LogP contribution in [0.5, 0.6) is 41.0 Å². The number of hydrogen-bond acceptors (Lipinski definition) is 19. The molecule has 378 valence electrons. The van der Waals surface area contributed by atoms with Crippen LogP contribution >= 0.6 is 0 Å². The van der Waals surface area contributed by atoms with Crippen molar-refractivity contribution in [3.8, 4) is 41.0 Å². The lowest BCUT2D eigenvalue weighted by atomic mass is 10.4. The van der Waals surface area contributed by atoms with E-state index in [1.54, 1.807) is 98.6 Å². The molecule has 0 fully saturated rings. The van der Waals surface area contributed by atoms with Gasteiger partial charge in [-0.2, -0.15) is 15.3 Å². The highest BCUT2D eigenvalue weighted by Crippen LogP contribution is 2.09. The molecule has 0 amide bonds. The van der Waals surface area contributed by atoms with Gasteiger partial charge in [0.2, 0.25) is 23.5 Å². The molecule has 0 atom stereocenters. The summed E-state index contributed by atoms with van der Waals surface area (Å²) >= 11 is 0. The van der Waals surface area contributed by atoms with Crippen LogP contribution in [0, 0.1) is 0 Å². The van der Waals surface area contributed by atoms with E-state index in [1.807, 2.05) is 133 Å². The minimum atomic E-state index is 0.141. The first-order chi connectivity index (χ1) is 33.5. The SMILES string of the molecule is CC(C)Oc1ccccn1.CC(C)Oc1ccccn1.CC(C)Oc1cccnn1.CC(C)Oc1ccnnc1.CC(C)Oc1cnccn1.CC(C)Oc1cncnc1.CC(C)Oc1ncccn1. The molecule has 0 saturated heterocycles. The van der Waals surface area contributed by atoms with Crippen molar-refractivity contribution in [2.24, 2.45) is 0 Å². The first-order valence-corrected chi connectivity index (χ1v) is 22.8. The van der Waals surface area contributed by atoms with E-state index in [1.165, 1.54) is 6.33 Å². The molecule has 70 heavy (non-hydrogen) atoms. The lowest BCUT2D eigenvalue weighted by Crippen LogP contribution is -2.07. The highest BCUT2D eigenvalue weighted by atomic mass is 16.5. The lowest BCUT2D eigenvalue weighted by Gasteiger charge is -2.06. The van der Waals surface area contributed by atoms with E-state index in [2.05, 4.69) is 60.3 Å². The zero-order valence-corrected chi connectivity index (χ0v) is 43.0. The summed E-state index contributed by atoms with van der Waals surface area (Å²) in [5.74, 6) is 4.03. The topological polar surface area (TPSA) is 219 Å². The molecule has 7 aromatic rings. The van der Waals surface area contributed by atoms with Gasteiger partial charge in [-0.3, -0.25) is 4.98 Å². The van der Waals surface area contributed by atoms with Gasteiger partial charge in [0.05, 0.1) is 73.7 Å². The first kappa shape index (κ1) is 60.3. The molecule has 7 heterocycles. The Labute approximate surface area is 414 Å². The van der Waals surface area contributed by atoms with Crippen molar-refractivity contribution in [2.45, 2.75) is 140 Å². The number of hydrogen-bond donors (Lipinski definition) is 0. The van der Waals surface area contributed by atoms with E-state index in [4.69, 9.17) is 33.2 Å². The molecular formula is C51H72N12O7. The zero-order valence-electron chi connectivity index (χ0n) is 43.0. The average molecular weight is 965 g/mol. The van der Waals surface area contributed by atoms with Crippen LogP contribution in [0.3, 0.4) is 0 Å². The molecule has 19 heteroatoms. The summed E-state index contributed by atoms with van der Waals surface area (Å²) in [4.78, 5) is 31.2. The molecular weight excluding hydrogens is 893 g/mol. The van der Waals surface area contributed by atoms with Crippen molar-refractivity contribution in [3.05, 3.63) is 141 Å². The quantitative estimate of drug-likeness (QED) is 0.0989. The van der Waals surface area contributed by atoms with Crippen LogP contribution < -0.4 is 33.2 Å². The van der Waals surface area contributed by atoms with Gasteiger partial charge in [-0.05, 0) is 121 Å². The fraction of sp³-hybridized carbons (Fsp3) is 0.412. The fourth-order valence-corrected chi connectivity index (χ4v) is 4.29. The van der Waals surface area contributed by atoms with Gasteiger partial charge in [0.15, 0.2) is 5.75 Å². The smallest absolute Gasteiger partial charge is 0.316 e. The molecule has 0 saturated carbocycles. The second kappa shape index (κ2) is 38.3. The number of aromatic nitrogens is 12. The van der Waals surface area contributed by atoms with Gasteiger partial charge in [0.1, 0.15) is 12.1 Å². The van der Waals surface area contributed by atoms with Crippen LogP contribution in [0.4, 0.5) is 0 Å². The molecule has 0 aliphatic heterocycles. The van der Waals surface area contributed by atoms with Crippen LogP contribution in [-0.4, -0.2) is 103 Å². The summed E-state index contributed by atoms with van der Waals surface area (Å²) in [7, 11) is 0. The van der Waals surface area contributed by atoms with E-state index < -0.39 is 0 Å². The predicted octanol–water partition coefficient (Wildman–Crippen LogP) is 10.1. The molecule has 7 aromatic heterocycles. The van der Waals surface area contributed by atoms with Gasteiger partial charge in [-0.1, -0.05) is 12.1 Å². The monoisotopic (exact) mass is 965 g/mol. The summed E-state index contributed by atoms with van der Waals surface area (Å²) < 4.78 is 36.9. The van der Waals surface area contributed by atoms with Crippen LogP contribution in [0.15, 0.2) is 141 Å². The highest BCUT2D eigenvalue weighted by molar-refractivity contribution is 5.13. The van der Waals surface area contributed by atoms with Gasteiger partial charge >= 0.3 is 6.01 Å². The van der Waals surface area contributed by atoms with Crippen LogP contribution in [0.2, 0.25) is 0 Å². The van der Waals surface area contributed by atoms with E-state index in [9.17, 15) is 0 Å². The standard InChI is InChI=1S/2C8H11NO.5C7H10N2O/c2*1-7(2)10-8-5-3-4-6-9-8;1-6(2)10-7-3-8-5-9-4-7;1-6(2)10-7-5-8-3-4-9-7;1-6(2)10-7-3-4-8-9-5-7;1-6(2)10-7-8-4-3-5-9-7;1-6(2)10-7-4-3-5-8-9-7/h2*3-7H,1-2H3;5*3-6H,1-2H3. The summed E-state index contributed by atoms with van der Waals surface area (Å²) in [6.45, 7) is 27.5. The Balaban J connectivity index is 0.000000408. The third-order valence-electron chi connectivity index (χ3n) is 6.51. The van der Waals surface area contributed by atoms with Crippen molar-refractivity contribution >= 4 is 0 Å². The molecule has 0 unspecified atom stereocenters. The second-order valence-corrected chi connectivity index (χ2v) is 15.8. The summed E-state index contributed by atoms with van der Waals surface area (Å²) in [5.41, 5.74) is 0. The van der Waals surface area contributed by atoms with Crippen molar-refractivity contribution in [1.82, 2.24) is 60.3 Å². The van der Waals surface area contributed by atoms with Crippen molar-refractivity contribution in [1.29, 1.82) is 0 Å². The fourth-order valence-electron chi connectivity index (χ4n) is 4.29. The Kier molecular flexibility index (Phi) is 33.0. The molecule has 0 radical (unpaired) electrons. The predicted molar refractivity (Wildman–Crippen MR) is 269 cm³/mol. The van der Waals surface area contributed by atoms with E-state index in [0.717, 1.165) is 11.5 Å². The third kappa shape index (κ3) is 36.4. The molecule has 7 rings (SSSR count).